The van der Waals surface area contributed by atoms with E-state index in [1.165, 1.54) is 29.8 Å². The SMILES string of the molecule is CSc1ccccc1CN1CCC[C@@H](c2ncn[nH]2)C1. The Morgan fingerprint density at radius 1 is 1.40 bits per heavy atom. The maximum Gasteiger partial charge on any atom is 0.137 e. The lowest BCUT2D eigenvalue weighted by Crippen LogP contribution is -2.34. The van der Waals surface area contributed by atoms with Crippen LogP contribution in [0.15, 0.2) is 35.5 Å². The van der Waals surface area contributed by atoms with Gasteiger partial charge in [-0.2, -0.15) is 5.10 Å². The molecule has 0 bridgehead atoms. The van der Waals surface area contributed by atoms with Crippen molar-refractivity contribution >= 4 is 11.8 Å². The van der Waals surface area contributed by atoms with Gasteiger partial charge in [-0.25, -0.2) is 4.98 Å². The first-order chi connectivity index (χ1) is 9.86. The molecular weight excluding hydrogens is 268 g/mol. The molecule has 106 valence electrons. The number of nitrogens with zero attached hydrogens (tertiary/aromatic N) is 3. The van der Waals surface area contributed by atoms with Crippen LogP contribution in [0.4, 0.5) is 0 Å². The zero-order chi connectivity index (χ0) is 13.8. The van der Waals surface area contributed by atoms with Gasteiger partial charge >= 0.3 is 0 Å². The van der Waals surface area contributed by atoms with Crippen molar-refractivity contribution in [1.82, 2.24) is 20.1 Å². The van der Waals surface area contributed by atoms with Crippen molar-refractivity contribution in [2.24, 2.45) is 0 Å². The normalized spacial score (nSPS) is 20.1. The van der Waals surface area contributed by atoms with Crippen molar-refractivity contribution in [3.05, 3.63) is 42.0 Å². The van der Waals surface area contributed by atoms with Crippen LogP contribution in [-0.4, -0.2) is 39.4 Å². The number of benzene rings is 1. The molecule has 1 aliphatic heterocycles. The minimum absolute atomic E-state index is 0.493. The minimum Gasteiger partial charge on any atom is -0.298 e. The Kier molecular flexibility index (Phi) is 4.38. The van der Waals surface area contributed by atoms with E-state index in [0.29, 0.717) is 5.92 Å². The number of rotatable bonds is 4. The quantitative estimate of drug-likeness (QED) is 0.879. The van der Waals surface area contributed by atoms with Crippen molar-refractivity contribution < 1.29 is 0 Å². The highest BCUT2D eigenvalue weighted by atomic mass is 32.2. The molecular formula is C15H20N4S. The zero-order valence-corrected chi connectivity index (χ0v) is 12.6. The van der Waals surface area contributed by atoms with Crippen molar-refractivity contribution in [3.8, 4) is 0 Å². The molecule has 1 saturated heterocycles. The molecule has 0 spiro atoms. The van der Waals surface area contributed by atoms with E-state index >= 15 is 0 Å². The third kappa shape index (κ3) is 3.04. The minimum atomic E-state index is 0.493. The van der Waals surface area contributed by atoms with Crippen LogP contribution in [0.3, 0.4) is 0 Å². The molecule has 1 N–H and O–H groups in total. The summed E-state index contributed by atoms with van der Waals surface area (Å²) in [6, 6.07) is 8.69. The van der Waals surface area contributed by atoms with Gasteiger partial charge in [0.05, 0.1) is 0 Å². The third-order valence-electron chi connectivity index (χ3n) is 3.91. The summed E-state index contributed by atoms with van der Waals surface area (Å²) < 4.78 is 0. The first-order valence-electron chi connectivity index (χ1n) is 7.06. The number of aromatic amines is 1. The molecule has 0 amide bonds. The van der Waals surface area contributed by atoms with Gasteiger partial charge in [-0.05, 0) is 37.3 Å². The molecule has 1 fully saturated rings. The van der Waals surface area contributed by atoms with Gasteiger partial charge in [-0.15, -0.1) is 11.8 Å². The van der Waals surface area contributed by atoms with Gasteiger partial charge < -0.3 is 0 Å². The Balaban J connectivity index is 1.68. The Morgan fingerprint density at radius 3 is 3.10 bits per heavy atom. The summed E-state index contributed by atoms with van der Waals surface area (Å²) in [6.07, 6.45) is 6.19. The Hall–Kier alpha value is -1.33. The summed E-state index contributed by atoms with van der Waals surface area (Å²) in [7, 11) is 0. The maximum absolute atomic E-state index is 4.32. The number of hydrogen-bond acceptors (Lipinski definition) is 4. The van der Waals surface area contributed by atoms with E-state index in [4.69, 9.17) is 0 Å². The van der Waals surface area contributed by atoms with Crippen LogP contribution >= 0.6 is 11.8 Å². The van der Waals surface area contributed by atoms with Crippen LogP contribution in [0, 0.1) is 0 Å². The topological polar surface area (TPSA) is 44.8 Å². The van der Waals surface area contributed by atoms with E-state index in [9.17, 15) is 0 Å². The fraction of sp³-hybridized carbons (Fsp3) is 0.467. The van der Waals surface area contributed by atoms with Crippen molar-refractivity contribution in [3.63, 3.8) is 0 Å². The lowest BCUT2D eigenvalue weighted by atomic mass is 9.97. The lowest BCUT2D eigenvalue weighted by molar-refractivity contribution is 0.195. The van der Waals surface area contributed by atoms with Gasteiger partial charge in [0.15, 0.2) is 0 Å². The van der Waals surface area contributed by atoms with E-state index in [2.05, 4.69) is 50.6 Å². The van der Waals surface area contributed by atoms with E-state index in [1.54, 1.807) is 6.33 Å². The summed E-state index contributed by atoms with van der Waals surface area (Å²) in [6.45, 7) is 3.27. The van der Waals surface area contributed by atoms with Crippen LogP contribution in [0.1, 0.15) is 30.1 Å². The van der Waals surface area contributed by atoms with Crippen LogP contribution in [-0.2, 0) is 6.54 Å². The molecule has 1 aliphatic rings. The standard InChI is InChI=1S/C15H20N4S/c1-20-14-7-3-2-5-12(14)9-19-8-4-6-13(10-19)15-16-11-17-18-15/h2-3,5,7,11,13H,4,6,8-10H2,1H3,(H,16,17,18)/t13-/m1/s1. The highest BCUT2D eigenvalue weighted by molar-refractivity contribution is 7.98. The molecule has 20 heavy (non-hydrogen) atoms. The predicted octanol–water partition coefficient (Wildman–Crippen LogP) is 2.91. The number of thioether (sulfide) groups is 1. The van der Waals surface area contributed by atoms with Gasteiger partial charge in [-0.1, -0.05) is 18.2 Å². The molecule has 0 saturated carbocycles. The van der Waals surface area contributed by atoms with Crippen molar-refractivity contribution in [2.45, 2.75) is 30.2 Å². The average Bonchev–Trinajstić information content (AvgIpc) is 3.02. The monoisotopic (exact) mass is 288 g/mol. The molecule has 3 rings (SSSR count). The molecule has 0 aliphatic carbocycles. The molecule has 1 aromatic heterocycles. The van der Waals surface area contributed by atoms with E-state index in [1.807, 2.05) is 11.8 Å². The van der Waals surface area contributed by atoms with Crippen molar-refractivity contribution in [1.29, 1.82) is 0 Å². The number of hydrogen-bond donors (Lipinski definition) is 1. The maximum atomic E-state index is 4.32. The second-order valence-electron chi connectivity index (χ2n) is 5.26. The highest BCUT2D eigenvalue weighted by Crippen LogP contribution is 2.27. The van der Waals surface area contributed by atoms with Gasteiger partial charge in [0.2, 0.25) is 0 Å². The molecule has 1 atom stereocenters. The smallest absolute Gasteiger partial charge is 0.137 e. The second-order valence-corrected chi connectivity index (χ2v) is 6.10. The molecule has 4 nitrogen and oxygen atoms in total. The van der Waals surface area contributed by atoms with Crippen molar-refractivity contribution in [2.75, 3.05) is 19.3 Å². The van der Waals surface area contributed by atoms with E-state index in [0.717, 1.165) is 18.9 Å². The van der Waals surface area contributed by atoms with E-state index in [-0.39, 0.29) is 0 Å². The van der Waals surface area contributed by atoms with Crippen LogP contribution in [0.25, 0.3) is 0 Å². The van der Waals surface area contributed by atoms with Gasteiger partial charge in [0, 0.05) is 23.9 Å². The van der Waals surface area contributed by atoms with Crippen LogP contribution in [0.2, 0.25) is 0 Å². The van der Waals surface area contributed by atoms with Gasteiger partial charge in [0.1, 0.15) is 12.2 Å². The van der Waals surface area contributed by atoms with Crippen LogP contribution in [0.5, 0.6) is 0 Å². The highest BCUT2D eigenvalue weighted by Gasteiger charge is 2.23. The molecule has 0 radical (unpaired) electrons. The number of aromatic nitrogens is 3. The van der Waals surface area contributed by atoms with Gasteiger partial charge in [0.25, 0.3) is 0 Å². The lowest BCUT2D eigenvalue weighted by Gasteiger charge is -2.32. The zero-order valence-electron chi connectivity index (χ0n) is 11.7. The first-order valence-corrected chi connectivity index (χ1v) is 8.29. The fourth-order valence-corrected chi connectivity index (χ4v) is 3.52. The predicted molar refractivity (Wildman–Crippen MR) is 81.9 cm³/mol. The Bertz CT molecular complexity index is 541. The summed E-state index contributed by atoms with van der Waals surface area (Å²) in [5.74, 6) is 1.53. The molecule has 0 unspecified atom stereocenters. The largest absolute Gasteiger partial charge is 0.298 e. The number of H-pyrrole nitrogens is 1. The molecule has 1 aromatic carbocycles. The average molecular weight is 288 g/mol. The Morgan fingerprint density at radius 2 is 2.30 bits per heavy atom. The van der Waals surface area contributed by atoms with Gasteiger partial charge in [-0.3, -0.25) is 10.00 Å². The first kappa shape index (κ1) is 13.6. The van der Waals surface area contributed by atoms with Crippen LogP contribution < -0.4 is 0 Å². The summed E-state index contributed by atoms with van der Waals surface area (Å²) in [5.41, 5.74) is 1.43. The molecule has 5 heteroatoms. The summed E-state index contributed by atoms with van der Waals surface area (Å²) >= 11 is 1.83. The number of piperidine rings is 1. The third-order valence-corrected chi connectivity index (χ3v) is 4.75. The fourth-order valence-electron chi connectivity index (χ4n) is 2.91. The summed E-state index contributed by atoms with van der Waals surface area (Å²) in [4.78, 5) is 8.23. The number of nitrogens with one attached hydrogen (secondary N) is 1. The molecule has 2 heterocycles. The second kappa shape index (κ2) is 6.41. The Labute approximate surface area is 124 Å². The number of likely N-dealkylation sites (tertiary alicyclic amines) is 1. The summed E-state index contributed by atoms with van der Waals surface area (Å²) in [5, 5.41) is 7.00. The molecule has 2 aromatic rings. The van der Waals surface area contributed by atoms with E-state index < -0.39 is 0 Å².